The highest BCUT2D eigenvalue weighted by Gasteiger charge is 2.04. The Morgan fingerprint density at radius 2 is 2.06 bits per heavy atom. The number of rotatable bonds is 3. The average molecular weight is 240 g/mol. The number of aryl methyl sites for hydroxylation is 1. The van der Waals surface area contributed by atoms with Crippen LogP contribution in [0.4, 0.5) is 5.69 Å². The Morgan fingerprint density at radius 3 is 2.89 bits per heavy atom. The molecule has 3 rings (SSSR count). The summed E-state index contributed by atoms with van der Waals surface area (Å²) in [6.45, 7) is 2.27. The quantitative estimate of drug-likeness (QED) is 0.762. The minimum atomic E-state index is 0.497. The van der Waals surface area contributed by atoms with Crippen LogP contribution in [-0.4, -0.2) is 15.2 Å². The van der Waals surface area contributed by atoms with E-state index in [1.807, 2.05) is 30.3 Å². The van der Waals surface area contributed by atoms with Crippen LogP contribution in [0, 0.1) is 6.92 Å². The summed E-state index contributed by atoms with van der Waals surface area (Å²) in [6.07, 6.45) is 1.78. The minimum absolute atomic E-state index is 0.497. The van der Waals surface area contributed by atoms with Crippen LogP contribution in [0.2, 0.25) is 0 Å². The Bertz CT molecular complexity index is 672. The third-order valence-corrected chi connectivity index (χ3v) is 2.63. The largest absolute Gasteiger partial charge is 0.424 e. The molecule has 0 unspecified atom stereocenters. The highest BCUT2D eigenvalue weighted by molar-refractivity contribution is 5.90. The van der Waals surface area contributed by atoms with Gasteiger partial charge in [0.25, 0.3) is 0 Å². The summed E-state index contributed by atoms with van der Waals surface area (Å²) in [4.78, 5) is 4.37. The van der Waals surface area contributed by atoms with Gasteiger partial charge in [0.15, 0.2) is 0 Å². The van der Waals surface area contributed by atoms with Gasteiger partial charge in [0, 0.05) is 18.5 Å². The predicted molar refractivity (Wildman–Crippen MR) is 68.1 cm³/mol. The molecule has 90 valence electrons. The van der Waals surface area contributed by atoms with Gasteiger partial charge in [-0.2, -0.15) is 0 Å². The summed E-state index contributed by atoms with van der Waals surface area (Å²) in [5, 5.41) is 12.1. The molecule has 1 aromatic carbocycles. The summed E-state index contributed by atoms with van der Waals surface area (Å²) in [5.41, 5.74) is 1.90. The lowest BCUT2D eigenvalue weighted by Gasteiger charge is -2.06. The van der Waals surface area contributed by atoms with E-state index in [1.165, 1.54) is 0 Å². The van der Waals surface area contributed by atoms with Crippen molar-refractivity contribution in [2.24, 2.45) is 0 Å². The highest BCUT2D eigenvalue weighted by atomic mass is 16.4. The number of anilines is 1. The number of nitrogens with one attached hydrogen (secondary N) is 1. The van der Waals surface area contributed by atoms with E-state index in [0.717, 1.165) is 16.6 Å². The number of hydrogen-bond donors (Lipinski definition) is 1. The summed E-state index contributed by atoms with van der Waals surface area (Å²) in [6, 6.07) is 9.96. The molecule has 0 saturated heterocycles. The molecule has 0 fully saturated rings. The molecule has 0 aliphatic carbocycles. The van der Waals surface area contributed by atoms with E-state index in [4.69, 9.17) is 4.42 Å². The Hall–Kier alpha value is -2.43. The zero-order chi connectivity index (χ0) is 12.4. The Morgan fingerprint density at radius 1 is 1.17 bits per heavy atom. The van der Waals surface area contributed by atoms with Gasteiger partial charge >= 0.3 is 0 Å². The van der Waals surface area contributed by atoms with Gasteiger partial charge in [-0.15, -0.1) is 10.2 Å². The minimum Gasteiger partial charge on any atom is -0.424 e. The molecule has 18 heavy (non-hydrogen) atoms. The highest BCUT2D eigenvalue weighted by Crippen LogP contribution is 2.20. The molecular weight excluding hydrogens is 228 g/mol. The number of aromatic nitrogens is 3. The summed E-state index contributed by atoms with van der Waals surface area (Å²) < 4.78 is 5.31. The second-order valence-electron chi connectivity index (χ2n) is 3.95. The number of pyridine rings is 1. The number of nitrogens with zero attached hydrogens (tertiary/aromatic N) is 3. The van der Waals surface area contributed by atoms with Gasteiger partial charge in [-0.05, 0) is 12.1 Å². The lowest BCUT2D eigenvalue weighted by atomic mass is 10.2. The molecule has 0 aliphatic rings. The molecule has 2 heterocycles. The molecule has 0 atom stereocenters. The molecule has 0 radical (unpaired) electrons. The van der Waals surface area contributed by atoms with Crippen molar-refractivity contribution in [1.29, 1.82) is 0 Å². The molecule has 0 aliphatic heterocycles. The second kappa shape index (κ2) is 4.44. The van der Waals surface area contributed by atoms with Crippen molar-refractivity contribution in [2.45, 2.75) is 13.5 Å². The first-order valence-electron chi connectivity index (χ1n) is 5.69. The first kappa shape index (κ1) is 10.7. The number of hydrogen-bond acceptors (Lipinski definition) is 5. The smallest absolute Gasteiger partial charge is 0.235 e. The van der Waals surface area contributed by atoms with E-state index in [1.54, 1.807) is 13.1 Å². The number of para-hydroxylation sites is 1. The summed E-state index contributed by atoms with van der Waals surface area (Å²) in [5.74, 6) is 1.14. The van der Waals surface area contributed by atoms with Crippen LogP contribution < -0.4 is 5.32 Å². The van der Waals surface area contributed by atoms with Crippen molar-refractivity contribution >= 4 is 16.6 Å². The molecule has 0 amide bonds. The summed E-state index contributed by atoms with van der Waals surface area (Å²) >= 11 is 0. The summed E-state index contributed by atoms with van der Waals surface area (Å²) in [7, 11) is 0. The van der Waals surface area contributed by atoms with Crippen LogP contribution in [0.3, 0.4) is 0 Å². The molecule has 0 saturated carbocycles. The molecule has 0 spiro atoms. The Labute approximate surface area is 104 Å². The van der Waals surface area contributed by atoms with Crippen LogP contribution in [-0.2, 0) is 6.54 Å². The van der Waals surface area contributed by atoms with Crippen LogP contribution in [0.25, 0.3) is 10.9 Å². The molecule has 2 aromatic heterocycles. The fraction of sp³-hybridized carbons (Fsp3) is 0.154. The van der Waals surface area contributed by atoms with E-state index in [2.05, 4.69) is 20.5 Å². The number of benzene rings is 1. The Kier molecular flexibility index (Phi) is 2.64. The van der Waals surface area contributed by atoms with Crippen LogP contribution in [0.1, 0.15) is 11.8 Å². The van der Waals surface area contributed by atoms with Crippen molar-refractivity contribution in [1.82, 2.24) is 15.2 Å². The van der Waals surface area contributed by atoms with Crippen molar-refractivity contribution in [3.8, 4) is 0 Å². The third kappa shape index (κ3) is 2.02. The van der Waals surface area contributed by atoms with Gasteiger partial charge in [0.05, 0.1) is 17.7 Å². The van der Waals surface area contributed by atoms with Crippen molar-refractivity contribution < 1.29 is 4.42 Å². The average Bonchev–Trinajstić information content (AvgIpc) is 2.82. The van der Waals surface area contributed by atoms with E-state index in [0.29, 0.717) is 18.3 Å². The van der Waals surface area contributed by atoms with Crippen LogP contribution in [0.5, 0.6) is 0 Å². The van der Waals surface area contributed by atoms with Crippen molar-refractivity contribution in [2.75, 3.05) is 5.32 Å². The molecule has 5 nitrogen and oxygen atoms in total. The first-order valence-corrected chi connectivity index (χ1v) is 5.69. The SMILES string of the molecule is Cc1nnc(CNc2cccc3cccnc23)o1. The van der Waals surface area contributed by atoms with Gasteiger partial charge in [-0.1, -0.05) is 18.2 Å². The molecule has 0 bridgehead atoms. The molecular formula is C13H12N4O. The van der Waals surface area contributed by atoms with E-state index in [-0.39, 0.29) is 0 Å². The lowest BCUT2D eigenvalue weighted by molar-refractivity contribution is 0.475. The van der Waals surface area contributed by atoms with Gasteiger partial charge in [0.1, 0.15) is 0 Å². The van der Waals surface area contributed by atoms with Crippen LogP contribution in [0.15, 0.2) is 40.9 Å². The topological polar surface area (TPSA) is 63.8 Å². The van der Waals surface area contributed by atoms with Crippen molar-refractivity contribution in [3.63, 3.8) is 0 Å². The lowest BCUT2D eigenvalue weighted by Crippen LogP contribution is -2.00. The maximum absolute atomic E-state index is 5.31. The van der Waals surface area contributed by atoms with E-state index >= 15 is 0 Å². The van der Waals surface area contributed by atoms with E-state index < -0.39 is 0 Å². The fourth-order valence-electron chi connectivity index (χ4n) is 1.83. The third-order valence-electron chi connectivity index (χ3n) is 2.63. The zero-order valence-corrected chi connectivity index (χ0v) is 9.92. The standard InChI is InChI=1S/C13H12N4O/c1-9-16-17-12(18-9)8-15-11-6-2-4-10-5-3-7-14-13(10)11/h2-7,15H,8H2,1H3. The maximum atomic E-state index is 5.31. The Balaban J connectivity index is 1.86. The van der Waals surface area contributed by atoms with Crippen LogP contribution >= 0.6 is 0 Å². The number of fused-ring (bicyclic) bond motifs is 1. The van der Waals surface area contributed by atoms with Gasteiger partial charge in [0.2, 0.25) is 11.8 Å². The van der Waals surface area contributed by atoms with Gasteiger partial charge < -0.3 is 9.73 Å². The monoisotopic (exact) mass is 240 g/mol. The first-order chi connectivity index (χ1) is 8.83. The fourth-order valence-corrected chi connectivity index (χ4v) is 1.83. The van der Waals surface area contributed by atoms with E-state index in [9.17, 15) is 0 Å². The van der Waals surface area contributed by atoms with Crippen molar-refractivity contribution in [3.05, 3.63) is 48.3 Å². The van der Waals surface area contributed by atoms with Gasteiger partial charge in [-0.3, -0.25) is 4.98 Å². The zero-order valence-electron chi connectivity index (χ0n) is 9.92. The maximum Gasteiger partial charge on any atom is 0.235 e. The predicted octanol–water partition coefficient (Wildman–Crippen LogP) is 2.54. The molecule has 3 aromatic rings. The van der Waals surface area contributed by atoms with Gasteiger partial charge in [-0.25, -0.2) is 0 Å². The normalized spacial score (nSPS) is 10.7. The molecule has 1 N–H and O–H groups in total. The molecule has 5 heteroatoms. The second-order valence-corrected chi connectivity index (χ2v) is 3.95.